The Morgan fingerprint density at radius 2 is 2.12 bits per heavy atom. The molecule has 2 rings (SSSR count). The Labute approximate surface area is 152 Å². The summed E-state index contributed by atoms with van der Waals surface area (Å²) in [5, 5.41) is 11.7. The van der Waals surface area contributed by atoms with E-state index in [1.165, 1.54) is 0 Å². The molecule has 6 nitrogen and oxygen atoms in total. The van der Waals surface area contributed by atoms with Crippen LogP contribution in [0.1, 0.15) is 31.7 Å². The van der Waals surface area contributed by atoms with E-state index in [0.29, 0.717) is 18.3 Å². The quantitative estimate of drug-likeness (QED) is 0.653. The van der Waals surface area contributed by atoms with E-state index in [4.69, 9.17) is 9.47 Å². The summed E-state index contributed by atoms with van der Waals surface area (Å²) in [6, 6.07) is 8.30. The smallest absolute Gasteiger partial charge is 0.408 e. The first-order valence-corrected chi connectivity index (χ1v) is 9.63. The van der Waals surface area contributed by atoms with Crippen LogP contribution in [-0.4, -0.2) is 46.9 Å². The molecule has 0 radical (unpaired) electrons. The summed E-state index contributed by atoms with van der Waals surface area (Å²) in [7, 11) is 0. The lowest BCUT2D eigenvalue weighted by atomic mass is 10.2. The summed E-state index contributed by atoms with van der Waals surface area (Å²) in [4.78, 5) is 23.1. The number of thioether (sulfide) groups is 1. The lowest BCUT2D eigenvalue weighted by molar-refractivity contribution is -0.139. The fourth-order valence-electron chi connectivity index (χ4n) is 2.59. The molecular formula is C18H25NO5S. The number of carboxylic acids is 1. The summed E-state index contributed by atoms with van der Waals surface area (Å²) in [5.41, 5.74) is 0.853. The van der Waals surface area contributed by atoms with E-state index in [-0.39, 0.29) is 12.7 Å². The van der Waals surface area contributed by atoms with Crippen LogP contribution in [0.4, 0.5) is 4.79 Å². The maximum atomic E-state index is 11.8. The van der Waals surface area contributed by atoms with E-state index in [9.17, 15) is 14.7 Å². The van der Waals surface area contributed by atoms with Crippen LogP contribution in [0.3, 0.4) is 0 Å². The average Bonchev–Trinajstić information content (AvgIpc) is 3.01. The molecule has 0 aliphatic carbocycles. The molecule has 1 aliphatic rings. The Morgan fingerprint density at radius 3 is 2.76 bits per heavy atom. The third kappa shape index (κ3) is 7.36. The van der Waals surface area contributed by atoms with Gasteiger partial charge >= 0.3 is 12.1 Å². The topological polar surface area (TPSA) is 84.9 Å². The zero-order valence-corrected chi connectivity index (χ0v) is 15.2. The van der Waals surface area contributed by atoms with Gasteiger partial charge in [-0.2, -0.15) is 11.8 Å². The molecule has 3 unspecified atom stereocenters. The molecule has 1 heterocycles. The second kappa shape index (κ2) is 10.3. The minimum absolute atomic E-state index is 0.116. The van der Waals surface area contributed by atoms with E-state index in [0.717, 1.165) is 24.2 Å². The number of alkyl carbamates (subject to hydrolysis) is 1. The highest BCUT2D eigenvalue weighted by Crippen LogP contribution is 2.22. The summed E-state index contributed by atoms with van der Waals surface area (Å²) in [6.45, 7) is 2.18. The fourth-order valence-corrected chi connectivity index (χ4v) is 3.67. The fraction of sp³-hybridized carbons (Fsp3) is 0.556. The van der Waals surface area contributed by atoms with Gasteiger partial charge in [-0.1, -0.05) is 30.3 Å². The zero-order valence-electron chi connectivity index (χ0n) is 14.3. The molecule has 138 valence electrons. The summed E-state index contributed by atoms with van der Waals surface area (Å²) in [6.07, 6.45) is 2.35. The normalized spacial score (nSPS) is 20.8. The number of nitrogens with one attached hydrogen (secondary N) is 1. The molecule has 0 spiro atoms. The maximum Gasteiger partial charge on any atom is 0.408 e. The predicted octanol–water partition coefficient (Wildman–Crippen LogP) is 3.06. The Hall–Kier alpha value is -1.73. The minimum atomic E-state index is -1.05. The van der Waals surface area contributed by atoms with Crippen LogP contribution in [0, 0.1) is 0 Å². The highest BCUT2D eigenvalue weighted by Gasteiger charge is 2.23. The Bertz CT molecular complexity index is 554. The molecular weight excluding hydrogens is 342 g/mol. The van der Waals surface area contributed by atoms with Crippen molar-refractivity contribution >= 4 is 23.8 Å². The van der Waals surface area contributed by atoms with Crippen LogP contribution in [0.5, 0.6) is 0 Å². The van der Waals surface area contributed by atoms with E-state index >= 15 is 0 Å². The number of aliphatic carboxylic acids is 1. The lowest BCUT2D eigenvalue weighted by Gasteiger charge is -2.15. The van der Waals surface area contributed by atoms with Gasteiger partial charge < -0.3 is 19.9 Å². The van der Waals surface area contributed by atoms with Crippen LogP contribution < -0.4 is 5.32 Å². The Kier molecular flexibility index (Phi) is 8.08. The van der Waals surface area contributed by atoms with Gasteiger partial charge in [-0.15, -0.1) is 0 Å². The first kappa shape index (κ1) is 19.6. The van der Waals surface area contributed by atoms with Crippen LogP contribution in [0.25, 0.3) is 0 Å². The van der Waals surface area contributed by atoms with E-state index in [2.05, 4.69) is 12.2 Å². The van der Waals surface area contributed by atoms with Crippen molar-refractivity contribution in [2.45, 2.75) is 51.0 Å². The number of rotatable bonds is 9. The standard InChI is InChI=1S/C18H25NO5S/c1-13-7-8-15(24-13)12-25-10-9-16(17(20)21)19-18(22)23-11-14-5-3-2-4-6-14/h2-6,13,15-16H,7-12H2,1H3,(H,19,22)(H,20,21). The Morgan fingerprint density at radius 1 is 1.36 bits per heavy atom. The highest BCUT2D eigenvalue weighted by molar-refractivity contribution is 7.99. The number of carboxylic acid groups (broad SMARTS) is 1. The largest absolute Gasteiger partial charge is 0.480 e. The van der Waals surface area contributed by atoms with Gasteiger partial charge in [0.05, 0.1) is 12.2 Å². The minimum Gasteiger partial charge on any atom is -0.480 e. The van der Waals surface area contributed by atoms with E-state index in [1.54, 1.807) is 11.8 Å². The zero-order chi connectivity index (χ0) is 18.1. The van der Waals surface area contributed by atoms with Gasteiger partial charge in [-0.25, -0.2) is 9.59 Å². The van der Waals surface area contributed by atoms with Crippen molar-refractivity contribution < 1.29 is 24.2 Å². The van der Waals surface area contributed by atoms with Crippen LogP contribution in [0.2, 0.25) is 0 Å². The molecule has 0 saturated carbocycles. The molecule has 1 aliphatic heterocycles. The van der Waals surface area contributed by atoms with Crippen LogP contribution in [-0.2, 0) is 20.9 Å². The van der Waals surface area contributed by atoms with Gasteiger partial charge in [0.2, 0.25) is 0 Å². The third-order valence-electron chi connectivity index (χ3n) is 3.98. The molecule has 7 heteroatoms. The van der Waals surface area contributed by atoms with Crippen molar-refractivity contribution in [2.75, 3.05) is 11.5 Å². The highest BCUT2D eigenvalue weighted by atomic mass is 32.2. The van der Waals surface area contributed by atoms with Crippen LogP contribution in [0.15, 0.2) is 30.3 Å². The van der Waals surface area contributed by atoms with E-state index in [1.807, 2.05) is 30.3 Å². The summed E-state index contributed by atoms with van der Waals surface area (Å²) >= 11 is 1.66. The van der Waals surface area contributed by atoms with Crippen LogP contribution >= 0.6 is 11.8 Å². The monoisotopic (exact) mass is 367 g/mol. The molecule has 3 atom stereocenters. The number of hydrogen-bond donors (Lipinski definition) is 2. The average molecular weight is 367 g/mol. The van der Waals surface area contributed by atoms with Gasteiger partial charge in [0.25, 0.3) is 0 Å². The molecule has 1 saturated heterocycles. The van der Waals surface area contributed by atoms with Crippen molar-refractivity contribution in [2.24, 2.45) is 0 Å². The van der Waals surface area contributed by atoms with Gasteiger partial charge in [-0.3, -0.25) is 0 Å². The summed E-state index contributed by atoms with van der Waals surface area (Å²) in [5.74, 6) is 0.447. The molecule has 1 aromatic rings. The number of hydrogen-bond acceptors (Lipinski definition) is 5. The van der Waals surface area contributed by atoms with Crippen molar-refractivity contribution in [3.63, 3.8) is 0 Å². The molecule has 1 fully saturated rings. The number of carbonyl (C=O) groups excluding carboxylic acids is 1. The van der Waals surface area contributed by atoms with Crippen molar-refractivity contribution in [1.29, 1.82) is 0 Å². The second-order valence-electron chi connectivity index (χ2n) is 6.11. The molecule has 0 bridgehead atoms. The third-order valence-corrected chi connectivity index (χ3v) is 5.11. The molecule has 2 N–H and O–H groups in total. The first-order valence-electron chi connectivity index (χ1n) is 8.48. The second-order valence-corrected chi connectivity index (χ2v) is 7.26. The van der Waals surface area contributed by atoms with Crippen molar-refractivity contribution in [3.05, 3.63) is 35.9 Å². The number of benzene rings is 1. The van der Waals surface area contributed by atoms with Gasteiger partial charge in [0.15, 0.2) is 0 Å². The lowest BCUT2D eigenvalue weighted by Crippen LogP contribution is -2.41. The van der Waals surface area contributed by atoms with Gasteiger partial charge in [0, 0.05) is 5.75 Å². The predicted molar refractivity (Wildman–Crippen MR) is 96.7 cm³/mol. The Balaban J connectivity index is 1.65. The molecule has 1 amide bonds. The van der Waals surface area contributed by atoms with Crippen molar-refractivity contribution in [1.82, 2.24) is 5.32 Å². The summed E-state index contributed by atoms with van der Waals surface area (Å²) < 4.78 is 10.8. The number of ether oxygens (including phenoxy) is 2. The number of carbonyl (C=O) groups is 2. The molecule has 0 aromatic heterocycles. The van der Waals surface area contributed by atoms with E-state index < -0.39 is 18.1 Å². The number of amides is 1. The van der Waals surface area contributed by atoms with Crippen molar-refractivity contribution in [3.8, 4) is 0 Å². The SMILES string of the molecule is CC1CCC(CSCCC(NC(=O)OCc2ccccc2)C(=O)O)O1. The molecule has 1 aromatic carbocycles. The molecule has 25 heavy (non-hydrogen) atoms. The maximum absolute atomic E-state index is 11.8. The first-order chi connectivity index (χ1) is 12.0. The van der Waals surface area contributed by atoms with Gasteiger partial charge in [-0.05, 0) is 37.5 Å². The van der Waals surface area contributed by atoms with Gasteiger partial charge in [0.1, 0.15) is 12.6 Å².